The Morgan fingerprint density at radius 1 is 1.50 bits per heavy atom. The predicted octanol–water partition coefficient (Wildman–Crippen LogP) is 2.55. The molecule has 1 unspecified atom stereocenters. The van der Waals surface area contributed by atoms with Crippen molar-refractivity contribution in [1.82, 2.24) is 5.32 Å². The second-order valence-electron chi connectivity index (χ2n) is 3.76. The Balaban J connectivity index is 2.11. The number of carbonyl (C=O) groups excluding carboxylic acids is 1. The first-order chi connectivity index (χ1) is 8.66. The molecule has 0 aliphatic rings. The fourth-order valence-corrected chi connectivity index (χ4v) is 2.76. The van der Waals surface area contributed by atoms with E-state index in [0.29, 0.717) is 6.54 Å². The Morgan fingerprint density at radius 3 is 2.89 bits per heavy atom. The van der Waals surface area contributed by atoms with Gasteiger partial charge in [0.15, 0.2) is 0 Å². The van der Waals surface area contributed by atoms with Gasteiger partial charge in [0, 0.05) is 17.8 Å². The summed E-state index contributed by atoms with van der Waals surface area (Å²) in [6.07, 6.45) is 1.91. The first-order valence-corrected chi connectivity index (χ1v) is 6.66. The van der Waals surface area contributed by atoms with Gasteiger partial charge in [-0.05, 0) is 24.3 Å². The fraction of sp³-hybridized carbons (Fsp3) is 0.250. The molecule has 0 aliphatic heterocycles. The highest BCUT2D eigenvalue weighted by Gasteiger charge is 2.18. The monoisotopic (exact) mass is 284 g/mol. The number of halogens is 1. The highest BCUT2D eigenvalue weighted by Crippen LogP contribution is 2.31. The van der Waals surface area contributed by atoms with Crippen molar-refractivity contribution in [2.45, 2.75) is 12.5 Å². The topological polar surface area (TPSA) is 68.3 Å². The molecule has 0 aliphatic carbocycles. The van der Waals surface area contributed by atoms with E-state index < -0.39 is 0 Å². The third kappa shape index (κ3) is 3.35. The van der Waals surface area contributed by atoms with Gasteiger partial charge < -0.3 is 15.5 Å². The summed E-state index contributed by atoms with van der Waals surface area (Å²) in [5.74, 6) is 0.461. The molecule has 3 N–H and O–H groups in total. The minimum atomic E-state index is -0.329. The molecule has 2 heterocycles. The first-order valence-electron chi connectivity index (χ1n) is 5.47. The summed E-state index contributed by atoms with van der Waals surface area (Å²) in [5, 5.41) is 3.24. The van der Waals surface area contributed by atoms with Crippen LogP contribution in [0.15, 0.2) is 34.9 Å². The molecule has 0 saturated carbocycles. The number of furan rings is 1. The molecular weight excluding hydrogens is 272 g/mol. The Morgan fingerprint density at radius 2 is 2.33 bits per heavy atom. The maximum absolute atomic E-state index is 10.7. The third-order valence-electron chi connectivity index (χ3n) is 2.43. The summed E-state index contributed by atoms with van der Waals surface area (Å²) in [6, 6.07) is 7.39. The van der Waals surface area contributed by atoms with Crippen LogP contribution in [0.25, 0.3) is 0 Å². The van der Waals surface area contributed by atoms with Gasteiger partial charge in [-0.25, -0.2) is 0 Å². The van der Waals surface area contributed by atoms with Crippen LogP contribution in [-0.2, 0) is 4.79 Å². The number of primary amides is 1. The summed E-state index contributed by atoms with van der Waals surface area (Å²) in [5.41, 5.74) is 5.12. The van der Waals surface area contributed by atoms with Crippen molar-refractivity contribution < 1.29 is 9.21 Å². The van der Waals surface area contributed by atoms with Crippen molar-refractivity contribution in [3.63, 3.8) is 0 Å². The molecule has 0 spiro atoms. The molecule has 0 aromatic carbocycles. The van der Waals surface area contributed by atoms with E-state index >= 15 is 0 Å². The Kier molecular flexibility index (Phi) is 4.41. The van der Waals surface area contributed by atoms with Crippen molar-refractivity contribution in [1.29, 1.82) is 0 Å². The number of rotatable bonds is 6. The van der Waals surface area contributed by atoms with E-state index in [1.54, 1.807) is 6.26 Å². The van der Waals surface area contributed by atoms with Crippen LogP contribution in [0.5, 0.6) is 0 Å². The lowest BCUT2D eigenvalue weighted by Crippen LogP contribution is -2.26. The SMILES string of the molecule is NC(=O)CCNC(c1ccco1)c1ccc(Cl)s1. The Bertz CT molecular complexity index is 510. The summed E-state index contributed by atoms with van der Waals surface area (Å²) < 4.78 is 6.12. The fourth-order valence-electron chi connectivity index (χ4n) is 1.62. The zero-order chi connectivity index (χ0) is 13.0. The highest BCUT2D eigenvalue weighted by molar-refractivity contribution is 7.16. The summed E-state index contributed by atoms with van der Waals surface area (Å²) in [7, 11) is 0. The second kappa shape index (κ2) is 6.04. The average Bonchev–Trinajstić information content (AvgIpc) is 2.95. The molecule has 2 aromatic rings. The third-order valence-corrected chi connectivity index (χ3v) is 3.72. The molecule has 2 aromatic heterocycles. The van der Waals surface area contributed by atoms with Gasteiger partial charge in [0.25, 0.3) is 0 Å². The minimum absolute atomic E-state index is 0.100. The van der Waals surface area contributed by atoms with Crippen LogP contribution >= 0.6 is 22.9 Å². The van der Waals surface area contributed by atoms with Crippen LogP contribution in [-0.4, -0.2) is 12.5 Å². The zero-order valence-electron chi connectivity index (χ0n) is 9.56. The maximum atomic E-state index is 10.7. The standard InChI is InChI=1S/C12H13ClN2O2S/c13-10-4-3-9(18-10)12(8-2-1-7-17-8)15-6-5-11(14)16/h1-4,7,12,15H,5-6H2,(H2,14,16). The van der Waals surface area contributed by atoms with E-state index in [0.717, 1.165) is 15.0 Å². The molecule has 1 atom stereocenters. The molecule has 1 amide bonds. The largest absolute Gasteiger partial charge is 0.467 e. The number of thiophene rings is 1. The molecule has 18 heavy (non-hydrogen) atoms. The van der Waals surface area contributed by atoms with Gasteiger partial charge in [-0.2, -0.15) is 0 Å². The summed E-state index contributed by atoms with van der Waals surface area (Å²) in [6.45, 7) is 0.496. The quantitative estimate of drug-likeness (QED) is 0.856. The van der Waals surface area contributed by atoms with E-state index in [9.17, 15) is 4.79 Å². The Labute approximate surface area is 114 Å². The van der Waals surface area contributed by atoms with E-state index in [1.165, 1.54) is 11.3 Å². The molecule has 96 valence electrons. The smallest absolute Gasteiger partial charge is 0.218 e. The molecular formula is C12H13ClN2O2S. The van der Waals surface area contributed by atoms with Gasteiger partial charge in [-0.15, -0.1) is 11.3 Å². The molecule has 2 rings (SSSR count). The van der Waals surface area contributed by atoms with Crippen molar-refractivity contribution in [2.24, 2.45) is 5.73 Å². The van der Waals surface area contributed by atoms with Crippen molar-refractivity contribution in [2.75, 3.05) is 6.54 Å². The molecule has 0 fully saturated rings. The number of amides is 1. The summed E-state index contributed by atoms with van der Waals surface area (Å²) in [4.78, 5) is 11.8. The van der Waals surface area contributed by atoms with Gasteiger partial charge in [0.1, 0.15) is 11.8 Å². The number of hydrogen-bond acceptors (Lipinski definition) is 4. The van der Waals surface area contributed by atoms with Gasteiger partial charge in [0.05, 0.1) is 10.6 Å². The number of carbonyl (C=O) groups is 1. The Hall–Kier alpha value is -1.30. The van der Waals surface area contributed by atoms with Gasteiger partial charge in [-0.3, -0.25) is 4.79 Å². The normalized spacial score (nSPS) is 12.5. The average molecular weight is 285 g/mol. The van der Waals surface area contributed by atoms with Gasteiger partial charge in [0.2, 0.25) is 5.91 Å². The number of hydrogen-bond donors (Lipinski definition) is 2. The van der Waals surface area contributed by atoms with Crippen LogP contribution in [0.4, 0.5) is 0 Å². The van der Waals surface area contributed by atoms with Crippen LogP contribution in [0.2, 0.25) is 4.34 Å². The van der Waals surface area contributed by atoms with Crippen LogP contribution < -0.4 is 11.1 Å². The lowest BCUT2D eigenvalue weighted by atomic mass is 10.2. The highest BCUT2D eigenvalue weighted by atomic mass is 35.5. The first kappa shape index (κ1) is 13.1. The lowest BCUT2D eigenvalue weighted by Gasteiger charge is -2.14. The van der Waals surface area contributed by atoms with Crippen molar-refractivity contribution in [3.05, 3.63) is 45.5 Å². The molecule has 6 heteroatoms. The number of nitrogens with one attached hydrogen (secondary N) is 1. The maximum Gasteiger partial charge on any atom is 0.218 e. The molecule has 0 saturated heterocycles. The van der Waals surface area contributed by atoms with Gasteiger partial charge >= 0.3 is 0 Å². The van der Waals surface area contributed by atoms with E-state index in [-0.39, 0.29) is 18.4 Å². The number of nitrogens with two attached hydrogens (primary N) is 1. The van der Waals surface area contributed by atoms with E-state index in [1.807, 2.05) is 24.3 Å². The van der Waals surface area contributed by atoms with E-state index in [2.05, 4.69) is 5.32 Å². The van der Waals surface area contributed by atoms with E-state index in [4.69, 9.17) is 21.8 Å². The van der Waals surface area contributed by atoms with Crippen molar-refractivity contribution in [3.8, 4) is 0 Å². The second-order valence-corrected chi connectivity index (χ2v) is 5.51. The lowest BCUT2D eigenvalue weighted by molar-refractivity contribution is -0.117. The summed E-state index contributed by atoms with van der Waals surface area (Å²) >= 11 is 7.42. The van der Waals surface area contributed by atoms with Crippen molar-refractivity contribution >= 4 is 28.8 Å². The van der Waals surface area contributed by atoms with Crippen LogP contribution in [0.3, 0.4) is 0 Å². The molecule has 0 radical (unpaired) electrons. The van der Waals surface area contributed by atoms with Crippen LogP contribution in [0.1, 0.15) is 23.1 Å². The predicted molar refractivity (Wildman–Crippen MR) is 71.7 cm³/mol. The van der Waals surface area contributed by atoms with Gasteiger partial charge in [-0.1, -0.05) is 11.6 Å². The minimum Gasteiger partial charge on any atom is -0.467 e. The zero-order valence-corrected chi connectivity index (χ0v) is 11.1. The molecule has 4 nitrogen and oxygen atoms in total. The molecule has 0 bridgehead atoms. The van der Waals surface area contributed by atoms with Crippen LogP contribution in [0, 0.1) is 0 Å².